The molecule has 0 aromatic carbocycles. The molecule has 0 radical (unpaired) electrons. The molecule has 3 aliphatic rings. The molecule has 1 saturated carbocycles. The molecule has 0 amide bonds. The van der Waals surface area contributed by atoms with Gasteiger partial charge in [0, 0.05) is 25.7 Å². The van der Waals surface area contributed by atoms with Gasteiger partial charge in [-0.2, -0.15) is 0 Å². The average molecular weight is 265 g/mol. The third-order valence-corrected chi connectivity index (χ3v) is 5.32. The standard InChI is InChI=1S/C15H24N2O2/c1-17-13-7-8-14(17)10-12(9-13)16-19-15(18)11-5-3-2-4-6-11/h11,13-14H,2-10H2,1H3/p+1/t13-,14+. The van der Waals surface area contributed by atoms with Crippen molar-refractivity contribution < 1.29 is 14.5 Å². The highest BCUT2D eigenvalue weighted by Gasteiger charge is 2.41. The molecule has 106 valence electrons. The van der Waals surface area contributed by atoms with Crippen LogP contribution in [-0.4, -0.2) is 30.8 Å². The van der Waals surface area contributed by atoms with Gasteiger partial charge >= 0.3 is 5.97 Å². The van der Waals surface area contributed by atoms with E-state index in [4.69, 9.17) is 4.84 Å². The third kappa shape index (κ3) is 2.83. The third-order valence-electron chi connectivity index (χ3n) is 5.32. The number of oxime groups is 1. The zero-order chi connectivity index (χ0) is 13.2. The van der Waals surface area contributed by atoms with Crippen molar-refractivity contribution in [3.63, 3.8) is 0 Å². The lowest BCUT2D eigenvalue weighted by molar-refractivity contribution is -0.917. The molecule has 2 bridgehead atoms. The monoisotopic (exact) mass is 265 g/mol. The van der Waals surface area contributed by atoms with Crippen LogP contribution in [0.2, 0.25) is 0 Å². The Hall–Kier alpha value is -0.900. The topological polar surface area (TPSA) is 43.1 Å². The van der Waals surface area contributed by atoms with Crippen LogP contribution in [0.15, 0.2) is 5.16 Å². The van der Waals surface area contributed by atoms with Crippen LogP contribution in [0.4, 0.5) is 0 Å². The van der Waals surface area contributed by atoms with Gasteiger partial charge in [-0.25, -0.2) is 4.79 Å². The van der Waals surface area contributed by atoms with Gasteiger partial charge in [0.15, 0.2) is 0 Å². The number of nitrogens with zero attached hydrogens (tertiary/aromatic N) is 1. The van der Waals surface area contributed by atoms with Crippen molar-refractivity contribution in [2.24, 2.45) is 11.1 Å². The highest BCUT2D eigenvalue weighted by atomic mass is 16.7. The van der Waals surface area contributed by atoms with Crippen molar-refractivity contribution >= 4 is 11.7 Å². The predicted molar refractivity (Wildman–Crippen MR) is 73.0 cm³/mol. The summed E-state index contributed by atoms with van der Waals surface area (Å²) in [6, 6.07) is 1.40. The Labute approximate surface area is 115 Å². The summed E-state index contributed by atoms with van der Waals surface area (Å²) in [4.78, 5) is 18.8. The molecule has 0 aromatic rings. The number of hydrogen-bond donors (Lipinski definition) is 1. The van der Waals surface area contributed by atoms with E-state index < -0.39 is 0 Å². The van der Waals surface area contributed by atoms with Gasteiger partial charge in [-0.05, 0) is 12.8 Å². The highest BCUT2D eigenvalue weighted by molar-refractivity contribution is 5.86. The summed E-state index contributed by atoms with van der Waals surface area (Å²) < 4.78 is 0. The predicted octanol–water partition coefficient (Wildman–Crippen LogP) is 1.31. The van der Waals surface area contributed by atoms with E-state index >= 15 is 0 Å². The summed E-state index contributed by atoms with van der Waals surface area (Å²) in [7, 11) is 2.28. The first kappa shape index (κ1) is 13.1. The molecule has 4 heteroatoms. The second-order valence-electron chi connectivity index (χ2n) is 6.53. The molecule has 2 aliphatic heterocycles. The molecule has 1 unspecified atom stereocenters. The van der Waals surface area contributed by atoms with E-state index in [1.807, 2.05) is 0 Å². The van der Waals surface area contributed by atoms with Gasteiger partial charge in [0.25, 0.3) is 0 Å². The van der Waals surface area contributed by atoms with Gasteiger partial charge in [-0.15, -0.1) is 0 Å². The lowest BCUT2D eigenvalue weighted by atomic mass is 9.89. The van der Waals surface area contributed by atoms with E-state index in [0.29, 0.717) is 12.1 Å². The number of nitrogens with one attached hydrogen (secondary N) is 1. The van der Waals surface area contributed by atoms with E-state index in [9.17, 15) is 4.79 Å². The molecule has 0 spiro atoms. The Bertz CT molecular complexity index is 358. The van der Waals surface area contributed by atoms with Crippen LogP contribution >= 0.6 is 0 Å². The normalized spacial score (nSPS) is 37.5. The van der Waals surface area contributed by atoms with E-state index in [2.05, 4.69) is 12.2 Å². The minimum Gasteiger partial charge on any atom is -0.332 e. The number of hydrogen-bond acceptors (Lipinski definition) is 3. The molecule has 3 rings (SSSR count). The molecule has 1 N–H and O–H groups in total. The Morgan fingerprint density at radius 3 is 2.37 bits per heavy atom. The lowest BCUT2D eigenvalue weighted by Crippen LogP contribution is -3.15. The molecule has 1 aliphatic carbocycles. The van der Waals surface area contributed by atoms with Crippen LogP contribution < -0.4 is 4.90 Å². The minimum atomic E-state index is -0.0918. The van der Waals surface area contributed by atoms with Crippen LogP contribution in [0.3, 0.4) is 0 Å². The molecule has 3 atom stereocenters. The first-order valence-corrected chi connectivity index (χ1v) is 7.84. The molecular weight excluding hydrogens is 240 g/mol. The average Bonchev–Trinajstić information content (AvgIpc) is 2.68. The second kappa shape index (κ2) is 5.61. The number of carbonyl (C=O) groups is 1. The fourth-order valence-corrected chi connectivity index (χ4v) is 3.97. The SMILES string of the molecule is C[NH+]1[C@@H]2CC[C@H]1CC(=NOC(=O)C1CCCCC1)C2. The van der Waals surface area contributed by atoms with Gasteiger partial charge in [0.2, 0.25) is 0 Å². The van der Waals surface area contributed by atoms with Gasteiger partial charge < -0.3 is 9.74 Å². The first-order valence-electron chi connectivity index (χ1n) is 7.84. The summed E-state index contributed by atoms with van der Waals surface area (Å²) in [5.41, 5.74) is 1.11. The molecule has 4 nitrogen and oxygen atoms in total. The van der Waals surface area contributed by atoms with Crippen molar-refractivity contribution in [2.75, 3.05) is 7.05 Å². The number of rotatable bonds is 2. The smallest absolute Gasteiger partial charge is 0.332 e. The molecule has 3 fully saturated rings. The number of quaternary nitrogens is 1. The maximum atomic E-state index is 11.9. The minimum absolute atomic E-state index is 0.0918. The summed E-state index contributed by atoms with van der Waals surface area (Å²) >= 11 is 0. The number of fused-ring (bicyclic) bond motifs is 2. The molecule has 2 heterocycles. The summed E-state index contributed by atoms with van der Waals surface area (Å²) in [5, 5.41) is 4.19. The second-order valence-corrected chi connectivity index (χ2v) is 6.53. The van der Waals surface area contributed by atoms with Crippen molar-refractivity contribution in [1.29, 1.82) is 0 Å². The van der Waals surface area contributed by atoms with Gasteiger partial charge in [0.05, 0.1) is 30.8 Å². The van der Waals surface area contributed by atoms with Crippen LogP contribution in [-0.2, 0) is 9.63 Å². The summed E-state index contributed by atoms with van der Waals surface area (Å²) in [6.07, 6.45) is 10.2. The van der Waals surface area contributed by atoms with Crippen LogP contribution in [0.1, 0.15) is 57.8 Å². The lowest BCUT2D eigenvalue weighted by Gasteiger charge is -2.28. The Balaban J connectivity index is 1.53. The largest absolute Gasteiger partial charge is 0.338 e. The van der Waals surface area contributed by atoms with Crippen LogP contribution in [0.5, 0.6) is 0 Å². The number of piperidine rings is 1. The Morgan fingerprint density at radius 1 is 1.11 bits per heavy atom. The molecular formula is C15H25N2O2+. The Morgan fingerprint density at radius 2 is 1.74 bits per heavy atom. The fourth-order valence-electron chi connectivity index (χ4n) is 3.97. The summed E-state index contributed by atoms with van der Waals surface area (Å²) in [6.45, 7) is 0. The van der Waals surface area contributed by atoms with Gasteiger partial charge in [0.1, 0.15) is 0 Å². The van der Waals surface area contributed by atoms with E-state index in [1.165, 1.54) is 19.3 Å². The van der Waals surface area contributed by atoms with Crippen molar-refractivity contribution in [1.82, 2.24) is 0 Å². The number of carbonyl (C=O) groups excluding carboxylic acids is 1. The maximum absolute atomic E-state index is 11.9. The zero-order valence-electron chi connectivity index (χ0n) is 11.9. The highest BCUT2D eigenvalue weighted by Crippen LogP contribution is 2.25. The zero-order valence-corrected chi connectivity index (χ0v) is 11.9. The van der Waals surface area contributed by atoms with Crippen LogP contribution in [0, 0.1) is 5.92 Å². The van der Waals surface area contributed by atoms with Gasteiger partial charge in [-0.1, -0.05) is 24.4 Å². The van der Waals surface area contributed by atoms with E-state index in [-0.39, 0.29) is 11.9 Å². The van der Waals surface area contributed by atoms with Crippen molar-refractivity contribution in [3.05, 3.63) is 0 Å². The molecule has 0 aromatic heterocycles. The summed E-state index contributed by atoms with van der Waals surface area (Å²) in [5.74, 6) is 0.0116. The molecule has 2 saturated heterocycles. The van der Waals surface area contributed by atoms with E-state index in [0.717, 1.165) is 44.2 Å². The van der Waals surface area contributed by atoms with E-state index in [1.54, 1.807) is 4.90 Å². The van der Waals surface area contributed by atoms with Crippen molar-refractivity contribution in [3.8, 4) is 0 Å². The maximum Gasteiger partial charge on any atom is 0.338 e. The Kier molecular flexibility index (Phi) is 3.87. The molecule has 19 heavy (non-hydrogen) atoms. The van der Waals surface area contributed by atoms with Crippen molar-refractivity contribution in [2.45, 2.75) is 69.9 Å². The first-order chi connectivity index (χ1) is 9.24. The van der Waals surface area contributed by atoms with Gasteiger partial charge in [-0.3, -0.25) is 0 Å². The van der Waals surface area contributed by atoms with Crippen LogP contribution in [0.25, 0.3) is 0 Å². The quantitative estimate of drug-likeness (QED) is 0.604. The fraction of sp³-hybridized carbons (Fsp3) is 0.867.